The summed E-state index contributed by atoms with van der Waals surface area (Å²) in [5.41, 5.74) is -0.316. The molecular formula is C29H28O12. The van der Waals surface area contributed by atoms with Crippen LogP contribution in [0.25, 0.3) is 22.3 Å². The Bertz CT molecular complexity index is 1640. The lowest BCUT2D eigenvalue weighted by molar-refractivity contribution is -0.157. The Kier molecular flexibility index (Phi) is 8.43. The minimum absolute atomic E-state index is 0.000654. The third-order valence-corrected chi connectivity index (χ3v) is 6.17. The van der Waals surface area contributed by atoms with Gasteiger partial charge in [-0.25, -0.2) is 4.79 Å². The van der Waals surface area contributed by atoms with Crippen LogP contribution in [0.5, 0.6) is 40.2 Å². The van der Waals surface area contributed by atoms with Crippen LogP contribution in [0.2, 0.25) is 0 Å². The van der Waals surface area contributed by atoms with Crippen molar-refractivity contribution in [2.24, 2.45) is 0 Å². The minimum Gasteiger partial charge on any atom is -0.507 e. The van der Waals surface area contributed by atoms with Crippen molar-refractivity contribution in [1.82, 2.24) is 0 Å². The Labute approximate surface area is 233 Å². The van der Waals surface area contributed by atoms with Crippen LogP contribution in [-0.2, 0) is 9.53 Å². The number of aliphatic hydroxyl groups is 1. The van der Waals surface area contributed by atoms with Gasteiger partial charge in [0.15, 0.2) is 28.8 Å². The first kappa shape index (κ1) is 28.9. The molecule has 0 aliphatic heterocycles. The number of rotatable bonds is 10. The number of fused-ring (bicyclic) bond motifs is 1. The highest BCUT2D eigenvalue weighted by atomic mass is 16.6. The van der Waals surface area contributed by atoms with Crippen LogP contribution in [0, 0.1) is 0 Å². The van der Waals surface area contributed by atoms with Crippen molar-refractivity contribution >= 4 is 16.9 Å². The molecule has 4 rings (SSSR count). The fourth-order valence-corrected chi connectivity index (χ4v) is 4.16. The summed E-state index contributed by atoms with van der Waals surface area (Å²) < 4.78 is 32.3. The van der Waals surface area contributed by atoms with Gasteiger partial charge in [0.2, 0.25) is 17.3 Å². The van der Waals surface area contributed by atoms with E-state index < -0.39 is 29.4 Å². The molecule has 0 saturated heterocycles. The molecule has 0 amide bonds. The summed E-state index contributed by atoms with van der Waals surface area (Å²) in [6, 6.07) is 10.6. The second kappa shape index (κ2) is 12.0. The molecule has 12 nitrogen and oxygen atoms in total. The SMILES string of the molecule is CCOC(=O)C(Oc1cc(-c2oc3cc(OC)cc(O)c3c(=O)c2OC)ccc1O)C(O)c1ccc(O)c(OC)c1. The van der Waals surface area contributed by atoms with Gasteiger partial charge >= 0.3 is 5.97 Å². The normalized spacial score (nSPS) is 12.4. The van der Waals surface area contributed by atoms with E-state index >= 15 is 0 Å². The Morgan fingerprint density at radius 3 is 2.24 bits per heavy atom. The van der Waals surface area contributed by atoms with E-state index in [1.807, 2.05) is 0 Å². The van der Waals surface area contributed by atoms with E-state index in [0.29, 0.717) is 0 Å². The lowest BCUT2D eigenvalue weighted by atomic mass is 10.0. The summed E-state index contributed by atoms with van der Waals surface area (Å²) in [6.07, 6.45) is -3.28. The Hall–Kier alpha value is -5.10. The third kappa shape index (κ3) is 5.63. The van der Waals surface area contributed by atoms with Gasteiger partial charge < -0.3 is 48.5 Å². The van der Waals surface area contributed by atoms with Crippen molar-refractivity contribution in [2.75, 3.05) is 27.9 Å². The Balaban J connectivity index is 1.81. The lowest BCUT2D eigenvalue weighted by Gasteiger charge is -2.24. The number of carbonyl (C=O) groups excluding carboxylic acids is 1. The monoisotopic (exact) mass is 568 g/mol. The average Bonchev–Trinajstić information content (AvgIpc) is 2.96. The fraction of sp³-hybridized carbons (Fsp3) is 0.241. The van der Waals surface area contributed by atoms with Gasteiger partial charge in [-0.2, -0.15) is 0 Å². The van der Waals surface area contributed by atoms with E-state index in [1.165, 1.54) is 69.9 Å². The maximum absolute atomic E-state index is 13.2. The standard InChI is InChI=1S/C29H28O12/c1-5-39-29(35)28(24(33)14-6-8-17(30)20(10-14)37-3)40-21-11-15(7-9-18(21)31)26-27(38-4)25(34)23-19(32)12-16(36-2)13-22(23)41-26/h6-13,24,28,30-33H,5H2,1-4H3. The number of esters is 1. The van der Waals surface area contributed by atoms with Crippen molar-refractivity contribution < 1.29 is 53.3 Å². The number of phenols is 3. The number of hydrogen-bond donors (Lipinski definition) is 4. The van der Waals surface area contributed by atoms with Crippen LogP contribution in [-0.4, -0.2) is 60.4 Å². The predicted octanol–water partition coefficient (Wildman–Crippen LogP) is 3.65. The number of aliphatic hydroxyl groups excluding tert-OH is 1. The van der Waals surface area contributed by atoms with Gasteiger partial charge in [-0.1, -0.05) is 6.07 Å². The average molecular weight is 569 g/mol. The van der Waals surface area contributed by atoms with Gasteiger partial charge in [-0.3, -0.25) is 4.79 Å². The number of phenolic OH excluding ortho intramolecular Hbond substituents is 3. The maximum Gasteiger partial charge on any atom is 0.350 e. The van der Waals surface area contributed by atoms with Crippen molar-refractivity contribution in [2.45, 2.75) is 19.1 Å². The summed E-state index contributed by atoms with van der Waals surface area (Å²) in [5.74, 6) is -2.18. The minimum atomic E-state index is -1.67. The number of carbonyl (C=O) groups is 1. The number of hydrogen-bond acceptors (Lipinski definition) is 12. The molecule has 216 valence electrons. The van der Waals surface area contributed by atoms with Crippen LogP contribution < -0.4 is 24.4 Å². The number of methoxy groups -OCH3 is 3. The van der Waals surface area contributed by atoms with Crippen molar-refractivity contribution in [1.29, 1.82) is 0 Å². The van der Waals surface area contributed by atoms with Crippen LogP contribution in [0.4, 0.5) is 0 Å². The van der Waals surface area contributed by atoms with Gasteiger partial charge in [0.25, 0.3) is 0 Å². The van der Waals surface area contributed by atoms with Crippen LogP contribution in [0.15, 0.2) is 57.7 Å². The first-order valence-corrected chi connectivity index (χ1v) is 12.3. The molecule has 0 fully saturated rings. The molecule has 4 N–H and O–H groups in total. The molecule has 4 aromatic rings. The van der Waals surface area contributed by atoms with Gasteiger partial charge in [-0.05, 0) is 42.8 Å². The van der Waals surface area contributed by atoms with E-state index in [2.05, 4.69) is 0 Å². The summed E-state index contributed by atoms with van der Waals surface area (Å²) >= 11 is 0. The molecule has 2 unspecified atom stereocenters. The van der Waals surface area contributed by atoms with Crippen molar-refractivity contribution in [3.05, 3.63) is 64.3 Å². The van der Waals surface area contributed by atoms with Crippen LogP contribution in [0.3, 0.4) is 0 Å². The predicted molar refractivity (Wildman–Crippen MR) is 145 cm³/mol. The second-order valence-electron chi connectivity index (χ2n) is 8.66. The number of aromatic hydroxyl groups is 3. The van der Waals surface area contributed by atoms with E-state index in [4.69, 9.17) is 28.1 Å². The van der Waals surface area contributed by atoms with Crippen LogP contribution >= 0.6 is 0 Å². The molecule has 1 aromatic heterocycles. The van der Waals surface area contributed by atoms with E-state index in [0.717, 1.165) is 0 Å². The Morgan fingerprint density at radius 1 is 0.878 bits per heavy atom. The third-order valence-electron chi connectivity index (χ3n) is 6.17. The molecule has 0 spiro atoms. The highest BCUT2D eigenvalue weighted by Crippen LogP contribution is 2.40. The molecule has 12 heteroatoms. The smallest absolute Gasteiger partial charge is 0.350 e. The zero-order valence-electron chi connectivity index (χ0n) is 22.5. The molecule has 0 radical (unpaired) electrons. The number of ether oxygens (including phenoxy) is 5. The Morgan fingerprint density at radius 2 is 1.59 bits per heavy atom. The second-order valence-corrected chi connectivity index (χ2v) is 8.66. The van der Waals surface area contributed by atoms with E-state index in [-0.39, 0.29) is 69.0 Å². The zero-order valence-corrected chi connectivity index (χ0v) is 22.5. The molecule has 2 atom stereocenters. The summed E-state index contributed by atoms with van der Waals surface area (Å²) in [5, 5.41) is 41.8. The summed E-state index contributed by atoms with van der Waals surface area (Å²) in [7, 11) is 3.96. The van der Waals surface area contributed by atoms with Crippen molar-refractivity contribution in [3.8, 4) is 51.6 Å². The molecule has 3 aromatic carbocycles. The largest absolute Gasteiger partial charge is 0.507 e. The lowest BCUT2D eigenvalue weighted by Crippen LogP contribution is -2.35. The quantitative estimate of drug-likeness (QED) is 0.205. The maximum atomic E-state index is 13.2. The van der Waals surface area contributed by atoms with Gasteiger partial charge in [0.1, 0.15) is 28.6 Å². The van der Waals surface area contributed by atoms with Gasteiger partial charge in [-0.15, -0.1) is 0 Å². The molecule has 0 bridgehead atoms. The zero-order chi connectivity index (χ0) is 29.8. The molecule has 0 aliphatic rings. The molecule has 1 heterocycles. The van der Waals surface area contributed by atoms with E-state index in [9.17, 15) is 30.0 Å². The first-order chi connectivity index (χ1) is 19.6. The summed E-state index contributed by atoms with van der Waals surface area (Å²) in [4.78, 5) is 26.0. The van der Waals surface area contributed by atoms with Gasteiger partial charge in [0.05, 0.1) is 27.9 Å². The highest BCUT2D eigenvalue weighted by Gasteiger charge is 2.33. The van der Waals surface area contributed by atoms with E-state index in [1.54, 1.807) is 6.92 Å². The molecule has 0 aliphatic carbocycles. The number of benzene rings is 3. The summed E-state index contributed by atoms with van der Waals surface area (Å²) in [6.45, 7) is 1.55. The highest BCUT2D eigenvalue weighted by molar-refractivity contribution is 5.88. The van der Waals surface area contributed by atoms with Crippen molar-refractivity contribution in [3.63, 3.8) is 0 Å². The van der Waals surface area contributed by atoms with Crippen LogP contribution in [0.1, 0.15) is 18.6 Å². The molecule has 41 heavy (non-hydrogen) atoms. The molecule has 0 saturated carbocycles. The first-order valence-electron chi connectivity index (χ1n) is 12.3. The molecular weight excluding hydrogens is 540 g/mol. The topological polar surface area (TPSA) is 174 Å². The fourth-order valence-electron chi connectivity index (χ4n) is 4.16. The van der Waals surface area contributed by atoms with Gasteiger partial charge in [0, 0.05) is 17.7 Å².